The summed E-state index contributed by atoms with van der Waals surface area (Å²) < 4.78 is 6.03. The van der Waals surface area contributed by atoms with E-state index in [1.54, 1.807) is 0 Å². The van der Waals surface area contributed by atoms with E-state index in [1.165, 1.54) is 11.1 Å². The Kier molecular flexibility index (Phi) is 2.49. The van der Waals surface area contributed by atoms with Crippen LogP contribution in [-0.2, 0) is 0 Å². The third-order valence-corrected chi connectivity index (χ3v) is 5.76. The van der Waals surface area contributed by atoms with Gasteiger partial charge in [0.2, 0.25) is 0 Å². The predicted molar refractivity (Wildman–Crippen MR) is 82.1 cm³/mol. The highest BCUT2D eigenvalue weighted by molar-refractivity contribution is 8.22. The van der Waals surface area contributed by atoms with Crippen molar-refractivity contribution in [2.75, 3.05) is 0 Å². The smallest absolute Gasteiger partial charge is 0.132 e. The summed E-state index contributed by atoms with van der Waals surface area (Å²) in [6.07, 6.45) is 4.32. The maximum Gasteiger partial charge on any atom is 0.132 e. The molecule has 0 unspecified atom stereocenters. The van der Waals surface area contributed by atoms with Crippen LogP contribution in [0.1, 0.15) is 16.4 Å². The number of hydrogen-bond donors (Lipinski definition) is 1. The standard InChI is InChI=1S/C17H14OS/c1-3-9-15-13(7-1)17(19-11-5-6-12-19)14-8-2-4-10-16(14)18-15/h1-12,17,19H. The molecular formula is C17H14OS. The average molecular weight is 266 g/mol. The van der Waals surface area contributed by atoms with E-state index in [1.807, 2.05) is 12.1 Å². The first-order valence-corrected chi connectivity index (χ1v) is 7.96. The molecule has 4 rings (SSSR count). The Bertz CT molecular complexity index is 630. The summed E-state index contributed by atoms with van der Waals surface area (Å²) in [5.41, 5.74) is 2.62. The van der Waals surface area contributed by atoms with E-state index in [-0.39, 0.29) is 10.9 Å². The van der Waals surface area contributed by atoms with Crippen LogP contribution in [0.15, 0.2) is 71.5 Å². The number of benzene rings is 2. The zero-order valence-electron chi connectivity index (χ0n) is 10.4. The van der Waals surface area contributed by atoms with Gasteiger partial charge in [0.05, 0.1) is 5.25 Å². The van der Waals surface area contributed by atoms with Crippen molar-refractivity contribution in [3.05, 3.63) is 82.6 Å². The molecule has 2 heteroatoms. The zero-order valence-corrected chi connectivity index (χ0v) is 11.3. The molecule has 2 aromatic carbocycles. The second-order valence-corrected chi connectivity index (χ2v) is 6.72. The number of ether oxygens (including phenoxy) is 1. The van der Waals surface area contributed by atoms with Gasteiger partial charge in [-0.2, -0.15) is 0 Å². The summed E-state index contributed by atoms with van der Waals surface area (Å²) in [4.78, 5) is 0. The minimum absolute atomic E-state index is 0.278. The van der Waals surface area contributed by atoms with E-state index in [0.717, 1.165) is 11.5 Å². The molecule has 2 heterocycles. The fourth-order valence-corrected chi connectivity index (χ4v) is 4.83. The van der Waals surface area contributed by atoms with E-state index < -0.39 is 0 Å². The normalized spacial score (nSPS) is 18.0. The van der Waals surface area contributed by atoms with Crippen molar-refractivity contribution in [2.24, 2.45) is 0 Å². The van der Waals surface area contributed by atoms with Crippen molar-refractivity contribution in [3.8, 4) is 11.5 Å². The molecule has 0 bridgehead atoms. The minimum Gasteiger partial charge on any atom is -0.457 e. The monoisotopic (exact) mass is 266 g/mol. The van der Waals surface area contributed by atoms with Crippen LogP contribution in [0.5, 0.6) is 11.5 Å². The van der Waals surface area contributed by atoms with Gasteiger partial charge in [-0.3, -0.25) is 0 Å². The van der Waals surface area contributed by atoms with Gasteiger partial charge in [0.1, 0.15) is 11.5 Å². The number of thiol groups is 1. The highest BCUT2D eigenvalue weighted by atomic mass is 32.2. The lowest BCUT2D eigenvalue weighted by Gasteiger charge is -2.32. The van der Waals surface area contributed by atoms with Crippen LogP contribution in [-0.4, -0.2) is 0 Å². The maximum absolute atomic E-state index is 6.03. The molecule has 0 N–H and O–H groups in total. The zero-order chi connectivity index (χ0) is 12.7. The topological polar surface area (TPSA) is 9.23 Å². The van der Waals surface area contributed by atoms with Crippen molar-refractivity contribution < 1.29 is 4.74 Å². The van der Waals surface area contributed by atoms with Crippen LogP contribution in [0.25, 0.3) is 0 Å². The summed E-state index contributed by atoms with van der Waals surface area (Å²) in [6, 6.07) is 16.8. The molecule has 0 amide bonds. The highest BCUT2D eigenvalue weighted by Gasteiger charge is 2.29. The van der Waals surface area contributed by atoms with Gasteiger partial charge in [-0.1, -0.05) is 48.6 Å². The second-order valence-electron chi connectivity index (χ2n) is 4.71. The van der Waals surface area contributed by atoms with E-state index >= 15 is 0 Å². The Balaban J connectivity index is 1.93. The van der Waals surface area contributed by atoms with E-state index in [0.29, 0.717) is 5.25 Å². The van der Waals surface area contributed by atoms with Crippen molar-refractivity contribution in [1.29, 1.82) is 0 Å². The molecule has 1 nitrogen and oxygen atoms in total. The maximum atomic E-state index is 6.03. The van der Waals surface area contributed by atoms with Gasteiger partial charge in [0.25, 0.3) is 0 Å². The summed E-state index contributed by atoms with van der Waals surface area (Å²) in [7, 11) is -0.278. The Morgan fingerprint density at radius 2 is 1.26 bits per heavy atom. The first-order chi connectivity index (χ1) is 9.43. The molecule has 94 valence electrons. The largest absolute Gasteiger partial charge is 0.457 e. The lowest BCUT2D eigenvalue weighted by atomic mass is 10.00. The van der Waals surface area contributed by atoms with Crippen molar-refractivity contribution in [2.45, 2.75) is 5.25 Å². The summed E-state index contributed by atoms with van der Waals surface area (Å²) in [5.74, 6) is 2.00. The molecule has 0 aliphatic carbocycles. The molecular weight excluding hydrogens is 252 g/mol. The number of hydrogen-bond acceptors (Lipinski definition) is 1. The molecule has 0 radical (unpaired) electrons. The number of fused-ring (bicyclic) bond motifs is 2. The van der Waals surface area contributed by atoms with Gasteiger partial charge >= 0.3 is 0 Å². The number of para-hydroxylation sites is 2. The SMILES string of the molecule is C1=C[SH](C2c3ccccc3Oc3ccccc32)C=C1. The molecule has 0 saturated carbocycles. The van der Waals surface area contributed by atoms with Crippen molar-refractivity contribution >= 4 is 10.9 Å². The number of allylic oxidation sites excluding steroid dienone is 2. The van der Waals surface area contributed by atoms with Gasteiger partial charge in [-0.15, -0.1) is 0 Å². The lowest BCUT2D eigenvalue weighted by Crippen LogP contribution is -2.09. The molecule has 0 atom stereocenters. The molecule has 0 fully saturated rings. The Morgan fingerprint density at radius 1 is 0.737 bits per heavy atom. The molecule has 2 aliphatic rings. The fourth-order valence-electron chi connectivity index (χ4n) is 2.73. The summed E-state index contributed by atoms with van der Waals surface area (Å²) in [5, 5.41) is 5.09. The Hall–Kier alpha value is -1.93. The third-order valence-electron chi connectivity index (χ3n) is 3.57. The van der Waals surface area contributed by atoms with Crippen molar-refractivity contribution in [3.63, 3.8) is 0 Å². The summed E-state index contributed by atoms with van der Waals surface area (Å²) >= 11 is 0. The molecule has 2 aliphatic heterocycles. The van der Waals surface area contributed by atoms with Gasteiger partial charge in [-0.25, -0.2) is 10.9 Å². The third kappa shape index (κ3) is 1.71. The first-order valence-electron chi connectivity index (χ1n) is 6.41. The fraction of sp³-hybridized carbons (Fsp3) is 0.0588. The van der Waals surface area contributed by atoms with E-state index in [2.05, 4.69) is 59.4 Å². The highest BCUT2D eigenvalue weighted by Crippen LogP contribution is 2.58. The Morgan fingerprint density at radius 3 is 1.84 bits per heavy atom. The number of rotatable bonds is 1. The van der Waals surface area contributed by atoms with Crippen LogP contribution in [0, 0.1) is 0 Å². The van der Waals surface area contributed by atoms with E-state index in [4.69, 9.17) is 4.74 Å². The second kappa shape index (κ2) is 4.32. The van der Waals surface area contributed by atoms with Crippen molar-refractivity contribution in [1.82, 2.24) is 0 Å². The molecule has 2 aromatic rings. The van der Waals surface area contributed by atoms with Gasteiger partial charge in [-0.05, 0) is 22.9 Å². The van der Waals surface area contributed by atoms with Crippen LogP contribution in [0.4, 0.5) is 0 Å². The van der Waals surface area contributed by atoms with Gasteiger partial charge < -0.3 is 4.74 Å². The van der Waals surface area contributed by atoms with Gasteiger partial charge in [0, 0.05) is 11.1 Å². The molecule has 19 heavy (non-hydrogen) atoms. The van der Waals surface area contributed by atoms with Gasteiger partial charge in [0.15, 0.2) is 0 Å². The average Bonchev–Trinajstić information content (AvgIpc) is 2.98. The molecule has 0 spiro atoms. The Labute approximate surface area is 115 Å². The minimum atomic E-state index is -0.278. The van der Waals surface area contributed by atoms with Crippen LogP contribution in [0.2, 0.25) is 0 Å². The summed E-state index contributed by atoms with van der Waals surface area (Å²) in [6.45, 7) is 0. The molecule has 0 saturated heterocycles. The van der Waals surface area contributed by atoms with Crippen LogP contribution in [0.3, 0.4) is 0 Å². The lowest BCUT2D eigenvalue weighted by molar-refractivity contribution is 0.459. The predicted octanol–water partition coefficient (Wildman–Crippen LogP) is 4.92. The van der Waals surface area contributed by atoms with E-state index in [9.17, 15) is 0 Å². The first kappa shape index (κ1) is 10.9. The van der Waals surface area contributed by atoms with Crippen LogP contribution < -0.4 is 4.74 Å². The quantitative estimate of drug-likeness (QED) is 0.720. The molecule has 0 aromatic heterocycles. The van der Waals surface area contributed by atoms with Crippen LogP contribution >= 0.6 is 10.9 Å².